The van der Waals surface area contributed by atoms with Crippen LogP contribution in [0.25, 0.3) is 0 Å². The van der Waals surface area contributed by atoms with E-state index in [9.17, 15) is 13.2 Å². The Balaban J connectivity index is 2.03. The van der Waals surface area contributed by atoms with Crippen LogP contribution in [-0.4, -0.2) is 33.6 Å². The summed E-state index contributed by atoms with van der Waals surface area (Å²) in [5.41, 5.74) is 1.72. The molecule has 0 amide bonds. The first kappa shape index (κ1) is 21.0. The fourth-order valence-electron chi connectivity index (χ4n) is 2.28. The molecule has 0 aliphatic carbocycles. The van der Waals surface area contributed by atoms with E-state index in [4.69, 9.17) is 9.47 Å². The van der Waals surface area contributed by atoms with Gasteiger partial charge < -0.3 is 9.47 Å². The average molecular weight is 392 g/mol. The standard InChI is InChI=1S/C19H24N2O5S/c1-15(25-13-16-9-5-3-6-10-16)18(21-27(23,24)20-2)19(22)26-14-17-11-7-4-8-12-17/h3-12,15,18,20-21H,13-14H2,1-2H3/t15-,18+/m1/s1. The number of carbonyl (C=O) groups excluding carboxylic acids is 1. The van der Waals surface area contributed by atoms with E-state index in [2.05, 4.69) is 9.44 Å². The van der Waals surface area contributed by atoms with Gasteiger partial charge in [0.05, 0.1) is 12.7 Å². The lowest BCUT2D eigenvalue weighted by Gasteiger charge is -2.23. The van der Waals surface area contributed by atoms with E-state index in [0.717, 1.165) is 11.1 Å². The van der Waals surface area contributed by atoms with Crippen molar-refractivity contribution in [3.63, 3.8) is 0 Å². The lowest BCUT2D eigenvalue weighted by Crippen LogP contribution is -2.52. The first-order valence-corrected chi connectivity index (χ1v) is 9.96. The van der Waals surface area contributed by atoms with Crippen molar-refractivity contribution in [2.24, 2.45) is 0 Å². The van der Waals surface area contributed by atoms with Gasteiger partial charge in [-0.25, -0.2) is 4.72 Å². The summed E-state index contributed by atoms with van der Waals surface area (Å²) in [7, 11) is -2.60. The average Bonchev–Trinajstić information content (AvgIpc) is 2.70. The minimum atomic E-state index is -3.86. The molecule has 0 aliphatic heterocycles. The molecule has 0 fully saturated rings. The maximum atomic E-state index is 12.5. The summed E-state index contributed by atoms with van der Waals surface area (Å²) in [4.78, 5) is 12.5. The number of esters is 1. The van der Waals surface area contributed by atoms with Crippen LogP contribution >= 0.6 is 0 Å². The summed E-state index contributed by atoms with van der Waals surface area (Å²) in [6, 6.07) is 17.4. The van der Waals surface area contributed by atoms with Gasteiger partial charge in [-0.3, -0.25) is 4.79 Å². The van der Waals surface area contributed by atoms with Crippen LogP contribution in [0.15, 0.2) is 60.7 Å². The van der Waals surface area contributed by atoms with Gasteiger partial charge in [-0.05, 0) is 18.1 Å². The highest BCUT2D eigenvalue weighted by Gasteiger charge is 2.31. The Labute approximate surface area is 159 Å². The Kier molecular flexibility index (Phi) is 7.93. The number of benzene rings is 2. The summed E-state index contributed by atoms with van der Waals surface area (Å²) in [5, 5.41) is 0. The van der Waals surface area contributed by atoms with Gasteiger partial charge >= 0.3 is 5.97 Å². The van der Waals surface area contributed by atoms with E-state index in [1.54, 1.807) is 6.92 Å². The Morgan fingerprint density at radius 2 is 1.48 bits per heavy atom. The zero-order valence-corrected chi connectivity index (χ0v) is 16.1. The van der Waals surface area contributed by atoms with Crippen LogP contribution < -0.4 is 9.44 Å². The number of nitrogens with one attached hydrogen (secondary N) is 2. The largest absolute Gasteiger partial charge is 0.460 e. The third-order valence-corrected chi connectivity index (χ3v) is 4.96. The third-order valence-electron chi connectivity index (χ3n) is 3.85. The van der Waals surface area contributed by atoms with Gasteiger partial charge in [-0.1, -0.05) is 60.7 Å². The maximum Gasteiger partial charge on any atom is 0.327 e. The predicted octanol–water partition coefficient (Wildman–Crippen LogP) is 1.76. The molecular weight excluding hydrogens is 368 g/mol. The smallest absolute Gasteiger partial charge is 0.327 e. The molecule has 7 nitrogen and oxygen atoms in total. The zero-order valence-electron chi connectivity index (χ0n) is 15.3. The van der Waals surface area contributed by atoms with Gasteiger partial charge in [0, 0.05) is 7.05 Å². The van der Waals surface area contributed by atoms with Crippen molar-refractivity contribution in [3.05, 3.63) is 71.8 Å². The summed E-state index contributed by atoms with van der Waals surface area (Å²) < 4.78 is 39.1. The molecule has 0 heterocycles. The van der Waals surface area contributed by atoms with E-state index >= 15 is 0 Å². The molecule has 0 radical (unpaired) electrons. The second-order valence-electron chi connectivity index (χ2n) is 5.90. The number of ether oxygens (including phenoxy) is 2. The van der Waals surface area contributed by atoms with Crippen molar-refractivity contribution in [1.29, 1.82) is 0 Å². The van der Waals surface area contributed by atoms with Crippen molar-refractivity contribution in [1.82, 2.24) is 9.44 Å². The minimum Gasteiger partial charge on any atom is -0.460 e. The van der Waals surface area contributed by atoms with Gasteiger partial charge in [-0.15, -0.1) is 0 Å². The van der Waals surface area contributed by atoms with Crippen LogP contribution in [0.5, 0.6) is 0 Å². The van der Waals surface area contributed by atoms with E-state index in [1.807, 2.05) is 60.7 Å². The van der Waals surface area contributed by atoms with Gasteiger partial charge in [0.1, 0.15) is 12.6 Å². The molecule has 27 heavy (non-hydrogen) atoms. The molecule has 2 aromatic rings. The molecule has 2 aromatic carbocycles. The Morgan fingerprint density at radius 3 is 2.00 bits per heavy atom. The topological polar surface area (TPSA) is 93.7 Å². The molecule has 0 aliphatic rings. The molecule has 0 unspecified atom stereocenters. The highest BCUT2D eigenvalue weighted by molar-refractivity contribution is 7.87. The molecule has 2 atom stereocenters. The van der Waals surface area contributed by atoms with Crippen molar-refractivity contribution in [3.8, 4) is 0 Å². The Bertz CT molecular complexity index is 813. The van der Waals surface area contributed by atoms with Crippen LogP contribution in [0.1, 0.15) is 18.1 Å². The Hall–Kier alpha value is -2.26. The first-order chi connectivity index (χ1) is 12.9. The molecule has 0 saturated heterocycles. The molecule has 0 aromatic heterocycles. The quantitative estimate of drug-likeness (QED) is 0.601. The van der Waals surface area contributed by atoms with Crippen LogP contribution in [0, 0.1) is 0 Å². The molecular formula is C19H24N2O5S. The summed E-state index contributed by atoms with van der Waals surface area (Å²) in [6.45, 7) is 1.91. The fraction of sp³-hybridized carbons (Fsp3) is 0.316. The monoisotopic (exact) mass is 392 g/mol. The molecule has 0 saturated carbocycles. The normalized spacial score (nSPS) is 13.7. The highest BCUT2D eigenvalue weighted by Crippen LogP contribution is 2.10. The van der Waals surface area contributed by atoms with Crippen molar-refractivity contribution in [2.75, 3.05) is 7.05 Å². The van der Waals surface area contributed by atoms with Gasteiger partial charge in [0.2, 0.25) is 0 Å². The van der Waals surface area contributed by atoms with Gasteiger partial charge in [0.25, 0.3) is 10.2 Å². The van der Waals surface area contributed by atoms with Gasteiger partial charge in [0.15, 0.2) is 0 Å². The predicted molar refractivity (Wildman–Crippen MR) is 102 cm³/mol. The molecule has 2 N–H and O–H groups in total. The summed E-state index contributed by atoms with van der Waals surface area (Å²) >= 11 is 0. The zero-order chi connectivity index (χ0) is 19.7. The molecule has 146 valence electrons. The number of hydrogen-bond donors (Lipinski definition) is 2. The molecule has 0 spiro atoms. The summed E-state index contributed by atoms with van der Waals surface area (Å²) in [5.74, 6) is -0.710. The van der Waals surface area contributed by atoms with Crippen molar-refractivity contribution < 1.29 is 22.7 Å². The lowest BCUT2D eigenvalue weighted by molar-refractivity contribution is -0.151. The van der Waals surface area contributed by atoms with Crippen LogP contribution in [0.2, 0.25) is 0 Å². The minimum absolute atomic E-state index is 0.0445. The van der Waals surface area contributed by atoms with E-state index in [0.29, 0.717) is 0 Å². The van der Waals surface area contributed by atoms with Gasteiger partial charge in [-0.2, -0.15) is 13.1 Å². The van der Waals surface area contributed by atoms with E-state index in [1.165, 1.54) is 7.05 Å². The fourth-order valence-corrected chi connectivity index (χ4v) is 3.02. The number of rotatable bonds is 10. The first-order valence-electron chi connectivity index (χ1n) is 8.48. The van der Waals surface area contributed by atoms with E-state index in [-0.39, 0.29) is 13.2 Å². The lowest BCUT2D eigenvalue weighted by atomic mass is 10.2. The van der Waals surface area contributed by atoms with Crippen LogP contribution in [0.3, 0.4) is 0 Å². The number of hydrogen-bond acceptors (Lipinski definition) is 5. The molecule has 2 rings (SSSR count). The maximum absolute atomic E-state index is 12.5. The van der Waals surface area contributed by atoms with Crippen molar-refractivity contribution >= 4 is 16.2 Å². The Morgan fingerprint density at radius 1 is 0.963 bits per heavy atom. The SMILES string of the molecule is CNS(=O)(=O)N[C@H](C(=O)OCc1ccccc1)[C@@H](C)OCc1ccccc1. The van der Waals surface area contributed by atoms with Crippen LogP contribution in [0.4, 0.5) is 0 Å². The molecule has 8 heteroatoms. The second kappa shape index (κ2) is 10.2. The van der Waals surface area contributed by atoms with Crippen molar-refractivity contribution in [2.45, 2.75) is 32.3 Å². The van der Waals surface area contributed by atoms with E-state index < -0.39 is 28.3 Å². The highest BCUT2D eigenvalue weighted by atomic mass is 32.2. The van der Waals surface area contributed by atoms with Crippen LogP contribution in [-0.2, 0) is 37.7 Å². The third kappa shape index (κ3) is 7.10. The number of carbonyl (C=O) groups is 1. The summed E-state index contributed by atoms with van der Waals surface area (Å²) in [6.07, 6.45) is -0.739. The second-order valence-corrected chi connectivity index (χ2v) is 7.55. The molecule has 0 bridgehead atoms.